The molecule has 2 heteroatoms. The first kappa shape index (κ1) is 27.9. The zero-order valence-corrected chi connectivity index (χ0v) is 27.6. The summed E-state index contributed by atoms with van der Waals surface area (Å²) in [7, 11) is 0. The second-order valence-electron chi connectivity index (χ2n) is 13.6. The zero-order chi connectivity index (χ0) is 32.6. The number of anilines is 3. The molecule has 0 spiro atoms. The van der Waals surface area contributed by atoms with E-state index < -0.39 is 0 Å². The van der Waals surface area contributed by atoms with E-state index in [0.29, 0.717) is 5.92 Å². The van der Waals surface area contributed by atoms with Gasteiger partial charge in [0.15, 0.2) is 0 Å². The van der Waals surface area contributed by atoms with Crippen LogP contribution in [0.3, 0.4) is 0 Å². The van der Waals surface area contributed by atoms with Crippen LogP contribution in [0, 0.1) is 0 Å². The van der Waals surface area contributed by atoms with Gasteiger partial charge >= 0.3 is 0 Å². The third-order valence-corrected chi connectivity index (χ3v) is 10.4. The lowest BCUT2D eigenvalue weighted by molar-refractivity contribution is 0.866. The summed E-state index contributed by atoms with van der Waals surface area (Å²) in [5, 5.41) is 7.62. The maximum atomic E-state index is 2.40. The molecule has 0 unspecified atom stereocenters. The Balaban J connectivity index is 1.06. The average molecular weight is 627 g/mol. The Morgan fingerprint density at radius 3 is 1.51 bits per heavy atom. The first-order valence-electron chi connectivity index (χ1n) is 17.2. The summed E-state index contributed by atoms with van der Waals surface area (Å²) in [6.45, 7) is 4.49. The zero-order valence-electron chi connectivity index (χ0n) is 27.6. The van der Waals surface area contributed by atoms with Gasteiger partial charge in [-0.2, -0.15) is 0 Å². The molecule has 2 nitrogen and oxygen atoms in total. The van der Waals surface area contributed by atoms with Crippen LogP contribution in [0.1, 0.15) is 25.3 Å². The van der Waals surface area contributed by atoms with Crippen LogP contribution in [0.25, 0.3) is 71.3 Å². The summed E-state index contributed by atoms with van der Waals surface area (Å²) < 4.78 is 2.40. The van der Waals surface area contributed by atoms with Crippen LogP contribution in [0.2, 0.25) is 0 Å². The third-order valence-electron chi connectivity index (χ3n) is 10.4. The molecule has 49 heavy (non-hydrogen) atoms. The van der Waals surface area contributed by atoms with E-state index in [1.807, 2.05) is 0 Å². The van der Waals surface area contributed by atoms with Crippen molar-refractivity contribution >= 4 is 60.4 Å². The van der Waals surface area contributed by atoms with Crippen molar-refractivity contribution in [3.63, 3.8) is 0 Å². The molecule has 9 aromatic rings. The van der Waals surface area contributed by atoms with Crippen LogP contribution in [0.15, 0.2) is 164 Å². The number of rotatable bonds is 5. The lowest BCUT2D eigenvalue weighted by Crippen LogP contribution is -2.10. The van der Waals surface area contributed by atoms with Crippen molar-refractivity contribution in [2.45, 2.75) is 19.8 Å². The van der Waals surface area contributed by atoms with Gasteiger partial charge in [-0.25, -0.2) is 0 Å². The Labute approximate surface area is 286 Å². The first-order valence-corrected chi connectivity index (χ1v) is 17.2. The summed E-state index contributed by atoms with van der Waals surface area (Å²) in [6, 6.07) is 60.5. The Kier molecular flexibility index (Phi) is 6.10. The molecule has 0 aliphatic heterocycles. The van der Waals surface area contributed by atoms with Crippen molar-refractivity contribution in [2.24, 2.45) is 0 Å². The van der Waals surface area contributed by atoms with E-state index in [-0.39, 0.29) is 0 Å². The third kappa shape index (κ3) is 4.34. The first-order chi connectivity index (χ1) is 24.1. The second-order valence-corrected chi connectivity index (χ2v) is 13.6. The van der Waals surface area contributed by atoms with Gasteiger partial charge in [0.05, 0.1) is 11.0 Å². The van der Waals surface area contributed by atoms with Gasteiger partial charge in [-0.05, 0) is 140 Å². The fourth-order valence-corrected chi connectivity index (χ4v) is 7.91. The molecule has 1 aromatic heterocycles. The Bertz CT molecular complexity index is 2680. The van der Waals surface area contributed by atoms with Gasteiger partial charge in [0.2, 0.25) is 0 Å². The molecule has 0 radical (unpaired) electrons. The van der Waals surface area contributed by atoms with Crippen molar-refractivity contribution in [2.75, 3.05) is 4.90 Å². The van der Waals surface area contributed by atoms with Crippen molar-refractivity contribution in [1.82, 2.24) is 4.57 Å². The molecule has 1 aliphatic carbocycles. The van der Waals surface area contributed by atoms with Gasteiger partial charge in [-0.3, -0.25) is 0 Å². The highest BCUT2D eigenvalue weighted by molar-refractivity contribution is 6.13. The normalized spacial score (nSPS) is 12.1. The Morgan fingerprint density at radius 1 is 0.408 bits per heavy atom. The molecule has 0 amide bonds. The molecule has 10 rings (SSSR count). The fraction of sp³-hybridized carbons (Fsp3) is 0.0638. The smallest absolute Gasteiger partial charge is 0.0541 e. The average Bonchev–Trinajstić information content (AvgIpc) is 3.48. The molecule has 0 N–H and O–H groups in total. The summed E-state index contributed by atoms with van der Waals surface area (Å²) in [4.78, 5) is 2.36. The predicted molar refractivity (Wildman–Crippen MR) is 209 cm³/mol. The number of aromatic nitrogens is 1. The van der Waals surface area contributed by atoms with Crippen LogP contribution in [0.5, 0.6) is 0 Å². The maximum absolute atomic E-state index is 2.40. The van der Waals surface area contributed by atoms with Gasteiger partial charge in [0, 0.05) is 33.5 Å². The molecule has 0 atom stereocenters. The molecule has 0 saturated carbocycles. The monoisotopic (exact) mass is 626 g/mol. The lowest BCUT2D eigenvalue weighted by Gasteiger charge is -2.28. The molecule has 1 heterocycles. The van der Waals surface area contributed by atoms with E-state index in [1.54, 1.807) is 0 Å². The number of hydrogen-bond acceptors (Lipinski definition) is 1. The highest BCUT2D eigenvalue weighted by Crippen LogP contribution is 2.51. The van der Waals surface area contributed by atoms with Gasteiger partial charge in [0.25, 0.3) is 0 Å². The number of nitrogens with zero attached hydrogens (tertiary/aromatic N) is 2. The van der Waals surface area contributed by atoms with Crippen molar-refractivity contribution in [1.29, 1.82) is 0 Å². The summed E-state index contributed by atoms with van der Waals surface area (Å²) >= 11 is 0. The second kappa shape index (κ2) is 10.7. The van der Waals surface area contributed by atoms with Crippen molar-refractivity contribution in [3.05, 3.63) is 169 Å². The molecule has 1 aliphatic rings. The molecule has 8 aromatic carbocycles. The molecule has 0 bridgehead atoms. The van der Waals surface area contributed by atoms with Gasteiger partial charge in [-0.15, -0.1) is 0 Å². The van der Waals surface area contributed by atoms with Gasteiger partial charge < -0.3 is 9.47 Å². The number of benzene rings is 8. The van der Waals surface area contributed by atoms with Crippen molar-refractivity contribution < 1.29 is 0 Å². The largest absolute Gasteiger partial charge is 0.310 e. The molecule has 0 fully saturated rings. The van der Waals surface area contributed by atoms with E-state index in [0.717, 1.165) is 17.1 Å². The van der Waals surface area contributed by atoms with Crippen LogP contribution < -0.4 is 4.90 Å². The van der Waals surface area contributed by atoms with E-state index in [9.17, 15) is 0 Å². The summed E-state index contributed by atoms with van der Waals surface area (Å²) in [5.41, 5.74) is 13.8. The highest BCUT2D eigenvalue weighted by Gasteiger charge is 2.24. The standard InChI is InChI=1S/C47H34N2/c1-30(2)31-16-20-37(21-17-31)48(36-10-4-3-5-11-36)38-22-18-32-26-42-44(28-34(32)24-38)43-27-33-19-23-39(25-35(33)29-45(42)43)49-46-14-8-6-12-40(46)41-13-7-9-15-47(41)49/h3-30H,1-2H3. The molecular formula is C47H34N2. The summed E-state index contributed by atoms with van der Waals surface area (Å²) in [6.07, 6.45) is 0. The van der Waals surface area contributed by atoms with E-state index in [1.165, 1.54) is 76.9 Å². The lowest BCUT2D eigenvalue weighted by atomic mass is 9.78. The van der Waals surface area contributed by atoms with Crippen LogP contribution >= 0.6 is 0 Å². The van der Waals surface area contributed by atoms with Crippen LogP contribution in [-0.2, 0) is 0 Å². The SMILES string of the molecule is CC(C)c1ccc(N(c2ccccc2)c2ccc3cc4c(cc3c2)-c2cc3ccc(-n5c6ccccc6c6ccccc65)cc3cc2-4)cc1. The van der Waals surface area contributed by atoms with Crippen LogP contribution in [0.4, 0.5) is 17.1 Å². The fourth-order valence-electron chi connectivity index (χ4n) is 7.91. The van der Waals surface area contributed by atoms with Gasteiger partial charge in [-0.1, -0.05) is 92.7 Å². The minimum absolute atomic E-state index is 0.500. The summed E-state index contributed by atoms with van der Waals surface area (Å²) in [5.74, 6) is 0.500. The predicted octanol–water partition coefficient (Wildman–Crippen LogP) is 13.3. The van der Waals surface area contributed by atoms with Gasteiger partial charge in [0.1, 0.15) is 0 Å². The van der Waals surface area contributed by atoms with E-state index in [2.05, 4.69) is 187 Å². The van der Waals surface area contributed by atoms with E-state index >= 15 is 0 Å². The number of hydrogen-bond donors (Lipinski definition) is 0. The molecular weight excluding hydrogens is 593 g/mol. The Hall–Kier alpha value is -6.12. The molecule has 232 valence electrons. The quantitative estimate of drug-likeness (QED) is 0.185. The maximum Gasteiger partial charge on any atom is 0.0541 e. The molecule has 0 saturated heterocycles. The highest BCUT2D eigenvalue weighted by atomic mass is 15.1. The van der Waals surface area contributed by atoms with E-state index in [4.69, 9.17) is 0 Å². The Morgan fingerprint density at radius 2 is 0.898 bits per heavy atom. The van der Waals surface area contributed by atoms with Crippen molar-refractivity contribution in [3.8, 4) is 27.9 Å². The topological polar surface area (TPSA) is 8.17 Å². The van der Waals surface area contributed by atoms with Crippen LogP contribution in [-0.4, -0.2) is 4.57 Å². The minimum atomic E-state index is 0.500. The minimum Gasteiger partial charge on any atom is -0.310 e. The number of fused-ring (bicyclic) bond motifs is 9. The number of para-hydroxylation sites is 3.